The molecule has 0 bridgehead atoms. The first kappa shape index (κ1) is 12.6. The van der Waals surface area contributed by atoms with Gasteiger partial charge in [-0.15, -0.1) is 0 Å². The average molecular weight is 294 g/mol. The Labute approximate surface area is 124 Å². The van der Waals surface area contributed by atoms with Crippen LogP contribution in [0.3, 0.4) is 0 Å². The molecule has 0 fully saturated rings. The van der Waals surface area contributed by atoms with Gasteiger partial charge in [0.25, 0.3) is 0 Å². The number of halogens is 1. The number of hydrogen-bond acceptors (Lipinski definition) is 3. The van der Waals surface area contributed by atoms with E-state index in [9.17, 15) is 9.18 Å². The molecule has 0 atom stereocenters. The van der Waals surface area contributed by atoms with Gasteiger partial charge in [-0.05, 0) is 23.8 Å². The van der Waals surface area contributed by atoms with Crippen molar-refractivity contribution in [3.8, 4) is 11.1 Å². The number of H-pyrrole nitrogens is 1. The van der Waals surface area contributed by atoms with Crippen LogP contribution in [-0.4, -0.2) is 20.7 Å². The number of rotatable bonds is 2. The smallest absolute Gasteiger partial charge is 0.176 e. The van der Waals surface area contributed by atoms with E-state index in [1.165, 1.54) is 10.5 Å². The van der Waals surface area contributed by atoms with E-state index < -0.39 is 5.82 Å². The van der Waals surface area contributed by atoms with Gasteiger partial charge in [0, 0.05) is 28.9 Å². The lowest BCUT2D eigenvalue weighted by Crippen LogP contribution is -1.97. The van der Waals surface area contributed by atoms with Crippen LogP contribution < -0.4 is 5.73 Å². The fourth-order valence-electron chi connectivity index (χ4n) is 2.74. The Bertz CT molecular complexity index is 1030. The lowest BCUT2D eigenvalue weighted by atomic mass is 10.0. The summed E-state index contributed by atoms with van der Waals surface area (Å²) in [5, 5.41) is 0.974. The molecule has 0 aliphatic rings. The van der Waals surface area contributed by atoms with E-state index in [1.807, 2.05) is 30.5 Å². The maximum atomic E-state index is 14.3. The van der Waals surface area contributed by atoms with Gasteiger partial charge in [0.05, 0.1) is 0 Å². The summed E-state index contributed by atoms with van der Waals surface area (Å²) in [5.74, 6) is -0.504. The predicted molar refractivity (Wildman–Crippen MR) is 82.2 cm³/mol. The first-order chi connectivity index (χ1) is 10.7. The minimum absolute atomic E-state index is 0.0194. The van der Waals surface area contributed by atoms with Gasteiger partial charge in [0.15, 0.2) is 23.6 Å². The quantitative estimate of drug-likeness (QED) is 0.558. The first-order valence-electron chi connectivity index (χ1n) is 6.68. The number of pyridine rings is 1. The summed E-state index contributed by atoms with van der Waals surface area (Å²) in [7, 11) is 0. The molecule has 22 heavy (non-hydrogen) atoms. The van der Waals surface area contributed by atoms with Crippen LogP contribution in [0.4, 0.5) is 10.2 Å². The van der Waals surface area contributed by atoms with Crippen LogP contribution in [0.15, 0.2) is 42.7 Å². The molecule has 4 rings (SSSR count). The minimum atomic E-state index is -0.523. The number of nitrogens with one attached hydrogen (secondary N) is 1. The second kappa shape index (κ2) is 4.42. The topological polar surface area (TPSA) is 76.2 Å². The van der Waals surface area contributed by atoms with E-state index in [-0.39, 0.29) is 17.2 Å². The third-order valence-corrected chi connectivity index (χ3v) is 3.76. The summed E-state index contributed by atoms with van der Waals surface area (Å²) < 4.78 is 15.7. The van der Waals surface area contributed by atoms with Gasteiger partial charge in [0.1, 0.15) is 5.69 Å². The van der Waals surface area contributed by atoms with Crippen molar-refractivity contribution < 1.29 is 9.18 Å². The highest BCUT2D eigenvalue weighted by molar-refractivity contribution is 5.95. The Morgan fingerprint density at radius 2 is 2.18 bits per heavy atom. The highest BCUT2D eigenvalue weighted by Gasteiger charge is 2.15. The zero-order chi connectivity index (χ0) is 15.3. The zero-order valence-corrected chi connectivity index (χ0v) is 11.4. The summed E-state index contributed by atoms with van der Waals surface area (Å²) in [5.41, 5.74) is 8.33. The third-order valence-electron chi connectivity index (χ3n) is 3.76. The van der Waals surface area contributed by atoms with Crippen molar-refractivity contribution >= 4 is 28.7 Å². The number of hydrogen-bond donors (Lipinski definition) is 2. The SMILES string of the molecule is Nc1nc2c(F)cc(-c3cccc4[nH]ccc34)cn2c1C=O. The number of carbonyl (C=O) groups excluding carboxylic acids is 1. The number of carbonyl (C=O) groups is 1. The molecular formula is C16H11FN4O. The van der Waals surface area contributed by atoms with Gasteiger partial charge in [0.2, 0.25) is 0 Å². The lowest BCUT2D eigenvalue weighted by Gasteiger charge is -2.06. The van der Waals surface area contributed by atoms with Gasteiger partial charge in [-0.3, -0.25) is 9.20 Å². The number of benzene rings is 1. The van der Waals surface area contributed by atoms with Crippen molar-refractivity contribution in [1.29, 1.82) is 0 Å². The molecular weight excluding hydrogens is 283 g/mol. The van der Waals surface area contributed by atoms with Gasteiger partial charge < -0.3 is 10.7 Å². The summed E-state index contributed by atoms with van der Waals surface area (Å²) in [6, 6.07) is 9.06. The highest BCUT2D eigenvalue weighted by Crippen LogP contribution is 2.30. The number of fused-ring (bicyclic) bond motifs is 2. The van der Waals surface area contributed by atoms with Crippen molar-refractivity contribution in [2.24, 2.45) is 0 Å². The molecule has 5 nitrogen and oxygen atoms in total. The Balaban J connectivity index is 2.07. The molecule has 0 radical (unpaired) electrons. The van der Waals surface area contributed by atoms with Gasteiger partial charge >= 0.3 is 0 Å². The molecule has 0 aliphatic carbocycles. The van der Waals surface area contributed by atoms with E-state index in [1.54, 1.807) is 6.20 Å². The second-order valence-corrected chi connectivity index (χ2v) is 5.01. The molecule has 0 saturated heterocycles. The van der Waals surface area contributed by atoms with E-state index in [0.717, 1.165) is 16.5 Å². The van der Waals surface area contributed by atoms with Gasteiger partial charge in [-0.1, -0.05) is 12.1 Å². The Hall–Kier alpha value is -3.15. The number of nitrogens with two attached hydrogens (primary N) is 1. The van der Waals surface area contributed by atoms with Crippen LogP contribution in [0.5, 0.6) is 0 Å². The van der Waals surface area contributed by atoms with Crippen LogP contribution in [0.2, 0.25) is 0 Å². The molecule has 4 aromatic rings. The number of aromatic nitrogens is 3. The van der Waals surface area contributed by atoms with Crippen LogP contribution in [0, 0.1) is 5.82 Å². The molecule has 0 amide bonds. The molecule has 3 N–H and O–H groups in total. The summed E-state index contributed by atoms with van der Waals surface area (Å²) >= 11 is 0. The minimum Gasteiger partial charge on any atom is -0.382 e. The average Bonchev–Trinajstić information content (AvgIpc) is 3.10. The normalized spacial score (nSPS) is 11.3. The number of nitrogens with zero attached hydrogens (tertiary/aromatic N) is 2. The summed E-state index contributed by atoms with van der Waals surface area (Å²) in [6.07, 6.45) is 4.08. The van der Waals surface area contributed by atoms with Crippen LogP contribution in [-0.2, 0) is 0 Å². The summed E-state index contributed by atoms with van der Waals surface area (Å²) in [6.45, 7) is 0. The van der Waals surface area contributed by atoms with E-state index in [0.29, 0.717) is 11.8 Å². The fraction of sp³-hybridized carbons (Fsp3) is 0. The molecule has 6 heteroatoms. The molecule has 1 aromatic carbocycles. The number of nitrogen functional groups attached to an aromatic ring is 1. The Kier molecular flexibility index (Phi) is 2.53. The van der Waals surface area contributed by atoms with Crippen molar-refractivity contribution in [1.82, 2.24) is 14.4 Å². The maximum Gasteiger partial charge on any atom is 0.176 e. The van der Waals surface area contributed by atoms with Crippen molar-refractivity contribution in [2.75, 3.05) is 5.73 Å². The standard InChI is InChI=1S/C16H11FN4O/c17-12-6-9(7-21-14(8-22)15(18)20-16(12)21)10-2-1-3-13-11(10)4-5-19-13/h1-8,19H,18H2. The Morgan fingerprint density at radius 1 is 1.32 bits per heavy atom. The van der Waals surface area contributed by atoms with Gasteiger partial charge in [-0.25, -0.2) is 9.37 Å². The van der Waals surface area contributed by atoms with Crippen molar-refractivity contribution in [2.45, 2.75) is 0 Å². The predicted octanol–water partition coefficient (Wildman–Crippen LogP) is 3.02. The second-order valence-electron chi connectivity index (χ2n) is 5.01. The monoisotopic (exact) mass is 294 g/mol. The largest absolute Gasteiger partial charge is 0.382 e. The molecule has 0 aliphatic heterocycles. The molecule has 0 unspecified atom stereocenters. The zero-order valence-electron chi connectivity index (χ0n) is 11.4. The third kappa shape index (κ3) is 1.64. The van der Waals surface area contributed by atoms with Crippen LogP contribution >= 0.6 is 0 Å². The van der Waals surface area contributed by atoms with Crippen molar-refractivity contribution in [3.63, 3.8) is 0 Å². The maximum absolute atomic E-state index is 14.3. The molecule has 0 spiro atoms. The van der Waals surface area contributed by atoms with E-state index >= 15 is 0 Å². The molecule has 0 saturated carbocycles. The highest BCUT2D eigenvalue weighted by atomic mass is 19.1. The van der Waals surface area contributed by atoms with E-state index in [4.69, 9.17) is 5.73 Å². The molecule has 108 valence electrons. The first-order valence-corrected chi connectivity index (χ1v) is 6.68. The van der Waals surface area contributed by atoms with Gasteiger partial charge in [-0.2, -0.15) is 0 Å². The number of imidazole rings is 1. The van der Waals surface area contributed by atoms with Crippen LogP contribution in [0.25, 0.3) is 27.7 Å². The lowest BCUT2D eigenvalue weighted by molar-refractivity contribution is 0.111. The number of anilines is 1. The fourth-order valence-corrected chi connectivity index (χ4v) is 2.74. The van der Waals surface area contributed by atoms with Crippen molar-refractivity contribution in [3.05, 3.63) is 54.2 Å². The Morgan fingerprint density at radius 3 is 3.00 bits per heavy atom. The van der Waals surface area contributed by atoms with E-state index in [2.05, 4.69) is 9.97 Å². The van der Waals surface area contributed by atoms with Crippen LogP contribution in [0.1, 0.15) is 10.5 Å². The number of aromatic amines is 1. The molecule has 3 heterocycles. The number of aldehydes is 1. The summed E-state index contributed by atoms with van der Waals surface area (Å²) in [4.78, 5) is 18.2. The molecule has 3 aromatic heterocycles.